The van der Waals surface area contributed by atoms with Gasteiger partial charge in [0.25, 0.3) is 0 Å². The van der Waals surface area contributed by atoms with E-state index in [1.54, 1.807) is 0 Å². The molecule has 2 bridgehead atoms. The Morgan fingerprint density at radius 2 is 1.26 bits per heavy atom. The average molecular weight is 594 g/mol. The van der Waals surface area contributed by atoms with Gasteiger partial charge < -0.3 is 17.0 Å². The minimum Gasteiger partial charge on any atom is -1.00 e. The number of fused-ring (bicyclic) bond motifs is 2. The molecule has 4 heteroatoms. The molecular formula is C31H37AsBrNO. The van der Waals surface area contributed by atoms with E-state index in [4.69, 9.17) is 0 Å². The molecule has 0 spiro atoms. The van der Waals surface area contributed by atoms with Gasteiger partial charge in [0.05, 0.1) is 0 Å². The van der Waals surface area contributed by atoms with Crippen LogP contribution in [0.4, 0.5) is 0 Å². The van der Waals surface area contributed by atoms with Gasteiger partial charge in [-0.15, -0.1) is 0 Å². The third-order valence-corrected chi connectivity index (χ3v) is 11.7. The molecule has 0 radical (unpaired) electrons. The summed E-state index contributed by atoms with van der Waals surface area (Å²) in [5.74, 6) is 0.711. The second-order valence-electron chi connectivity index (χ2n) is 10.9. The first kappa shape index (κ1) is 26.4. The van der Waals surface area contributed by atoms with Crippen LogP contribution in [0.3, 0.4) is 0 Å². The number of carbonyl (C=O) groups is 1. The third kappa shape index (κ3) is 5.38. The predicted octanol–water partition coefficient (Wildman–Crippen LogP) is 3.08. The molecule has 3 aromatic rings. The quantitative estimate of drug-likeness (QED) is 0.290. The Hall–Kier alpha value is -1.67. The molecule has 5 rings (SSSR count). The minimum atomic E-state index is -0.822. The fraction of sp³-hybridized carbons (Fsp3) is 0.387. The summed E-state index contributed by atoms with van der Waals surface area (Å²) in [6.45, 7) is 0. The van der Waals surface area contributed by atoms with Crippen molar-refractivity contribution < 1.29 is 26.3 Å². The van der Waals surface area contributed by atoms with E-state index in [2.05, 4.69) is 74.8 Å². The Balaban J connectivity index is 0.00000289. The third-order valence-electron chi connectivity index (χ3n) is 8.80. The van der Waals surface area contributed by atoms with Crippen molar-refractivity contribution in [2.45, 2.75) is 54.8 Å². The zero-order valence-corrected chi connectivity index (χ0v) is 24.6. The Morgan fingerprint density at radius 3 is 1.74 bits per heavy atom. The average Bonchev–Trinajstić information content (AvgIpc) is 3.03. The molecule has 2 aliphatic heterocycles. The molecule has 0 aliphatic carbocycles. The number of rotatable bonds is 8. The summed E-state index contributed by atoms with van der Waals surface area (Å²) in [5.41, 5.74) is 3.56. The van der Waals surface area contributed by atoms with Crippen LogP contribution < -0.4 is 17.0 Å². The monoisotopic (exact) mass is 593 g/mol. The van der Waals surface area contributed by atoms with Crippen molar-refractivity contribution in [1.82, 2.24) is 0 Å². The molecule has 0 N–H and O–H groups in total. The Kier molecular flexibility index (Phi) is 8.41. The molecule has 0 saturated carbocycles. The second-order valence-corrected chi connectivity index (χ2v) is 13.4. The van der Waals surface area contributed by atoms with Crippen LogP contribution in [0.25, 0.3) is 0 Å². The number of piperidine rings is 1. The Bertz CT molecular complexity index is 1050. The van der Waals surface area contributed by atoms with E-state index >= 15 is 0 Å². The van der Waals surface area contributed by atoms with E-state index in [1.807, 2.05) is 30.3 Å². The minimum absolute atomic E-state index is 0. The van der Waals surface area contributed by atoms with Gasteiger partial charge in [-0.2, -0.15) is 0 Å². The summed E-state index contributed by atoms with van der Waals surface area (Å²) in [6.07, 6.45) is 6.53. The number of carbonyl (C=O) groups excluding carboxylic acids is 1. The topological polar surface area (TPSA) is 17.1 Å². The second kappa shape index (κ2) is 11.2. The predicted molar refractivity (Wildman–Crippen MR) is 143 cm³/mol. The Labute approximate surface area is 228 Å². The summed E-state index contributed by atoms with van der Waals surface area (Å²) in [4.78, 5) is 13.3. The molecular weight excluding hydrogens is 557 g/mol. The van der Waals surface area contributed by atoms with E-state index in [0.717, 1.165) is 29.3 Å². The molecule has 2 heterocycles. The molecule has 184 valence electrons. The van der Waals surface area contributed by atoms with E-state index in [9.17, 15) is 4.79 Å². The van der Waals surface area contributed by atoms with Gasteiger partial charge in [-0.25, -0.2) is 0 Å². The van der Waals surface area contributed by atoms with Crippen LogP contribution in [0, 0.1) is 5.92 Å². The Morgan fingerprint density at radius 1 is 0.800 bits per heavy atom. The number of hydrogen-bond acceptors (Lipinski definition) is 1. The number of quaternary nitrogens is 1. The SMILES string of the molecule is C[N+]1(C)[C@@H]2CC[C@H]1C[C@@H](CC(C[AsH]C(=O)c1ccccc1)(c1ccccc1)c1ccccc1)C2.[Br-]. The summed E-state index contributed by atoms with van der Waals surface area (Å²) >= 11 is -0.822. The van der Waals surface area contributed by atoms with Crippen molar-refractivity contribution >= 4 is 20.3 Å². The maximum absolute atomic E-state index is 13.3. The zero-order chi connectivity index (χ0) is 23.6. The number of benzene rings is 3. The van der Waals surface area contributed by atoms with Crippen molar-refractivity contribution in [1.29, 1.82) is 0 Å². The molecule has 0 aromatic heterocycles. The van der Waals surface area contributed by atoms with Gasteiger partial charge >= 0.3 is 212 Å². The molecule has 0 amide bonds. The van der Waals surface area contributed by atoms with Crippen molar-refractivity contribution in [3.8, 4) is 0 Å². The van der Waals surface area contributed by atoms with Crippen LogP contribution >= 0.6 is 0 Å². The van der Waals surface area contributed by atoms with Crippen molar-refractivity contribution in [2.75, 3.05) is 14.1 Å². The summed E-state index contributed by atoms with van der Waals surface area (Å²) in [5, 5.41) is 0.971. The van der Waals surface area contributed by atoms with Crippen LogP contribution in [-0.4, -0.2) is 51.0 Å². The van der Waals surface area contributed by atoms with Gasteiger partial charge in [0.15, 0.2) is 0 Å². The van der Waals surface area contributed by atoms with E-state index < -0.39 is 15.8 Å². The summed E-state index contributed by atoms with van der Waals surface area (Å²) < 4.78 is 1.58. The first-order valence-electron chi connectivity index (χ1n) is 12.8. The molecule has 2 saturated heterocycles. The molecule has 2 nitrogen and oxygen atoms in total. The summed E-state index contributed by atoms with van der Waals surface area (Å²) in [6, 6.07) is 33.7. The molecule has 35 heavy (non-hydrogen) atoms. The van der Waals surface area contributed by atoms with Crippen LogP contribution in [0.15, 0.2) is 91.0 Å². The van der Waals surface area contributed by atoms with Crippen molar-refractivity contribution in [3.05, 3.63) is 108 Å². The first-order valence-corrected chi connectivity index (χ1v) is 15.3. The van der Waals surface area contributed by atoms with E-state index in [1.165, 1.54) is 41.3 Å². The molecule has 4 atom stereocenters. The van der Waals surface area contributed by atoms with Crippen LogP contribution in [0.1, 0.15) is 53.6 Å². The van der Waals surface area contributed by atoms with Gasteiger partial charge in [0.1, 0.15) is 0 Å². The fourth-order valence-corrected chi connectivity index (χ4v) is 9.68. The van der Waals surface area contributed by atoms with Gasteiger partial charge in [0.2, 0.25) is 0 Å². The normalized spacial score (nSPS) is 23.2. The maximum atomic E-state index is 13.3. The number of hydrogen-bond donors (Lipinski definition) is 0. The molecule has 2 fully saturated rings. The van der Waals surface area contributed by atoms with Crippen molar-refractivity contribution in [2.24, 2.45) is 5.92 Å². The standard InChI is InChI=1S/C31H37AsNO.BrH/c1-33(2)28-18-19-29(33)21-24(20-28)22-31(26-14-8-4-9-15-26,27-16-10-5-11-17-27)23-32-30(34)25-12-6-3-7-13-25;/h3-17,24,28-29,32H,18-23H2,1-2H3;1H/q+1;/p-1/t24-,28+,29-;. The maximum Gasteiger partial charge on any atom is -1.00 e. The van der Waals surface area contributed by atoms with Crippen LogP contribution in [0.5, 0.6) is 0 Å². The zero-order valence-electron chi connectivity index (χ0n) is 20.9. The van der Waals surface area contributed by atoms with E-state index in [-0.39, 0.29) is 22.4 Å². The van der Waals surface area contributed by atoms with Crippen LogP contribution in [-0.2, 0) is 5.41 Å². The van der Waals surface area contributed by atoms with Gasteiger partial charge in [-0.05, 0) is 0 Å². The summed E-state index contributed by atoms with van der Waals surface area (Å²) in [7, 11) is 4.90. The first-order chi connectivity index (χ1) is 16.5. The molecule has 3 aromatic carbocycles. The van der Waals surface area contributed by atoms with Gasteiger partial charge in [-0.3, -0.25) is 0 Å². The number of halogens is 1. The number of nitrogens with zero attached hydrogens (tertiary/aromatic N) is 1. The van der Waals surface area contributed by atoms with Gasteiger partial charge in [0, 0.05) is 0 Å². The van der Waals surface area contributed by atoms with Gasteiger partial charge in [-0.1, -0.05) is 0 Å². The molecule has 1 unspecified atom stereocenters. The van der Waals surface area contributed by atoms with Crippen LogP contribution in [0.2, 0.25) is 5.21 Å². The van der Waals surface area contributed by atoms with E-state index in [0.29, 0.717) is 10.5 Å². The molecule has 2 aliphatic rings. The fourth-order valence-electron chi connectivity index (χ4n) is 6.77. The smallest absolute Gasteiger partial charge is 1.00 e. The van der Waals surface area contributed by atoms with Crippen molar-refractivity contribution in [3.63, 3.8) is 0 Å². The largest absolute Gasteiger partial charge is 1.00 e.